The molecule has 4 nitrogen and oxygen atoms in total. The average molecular weight is 380 g/mol. The van der Waals surface area contributed by atoms with E-state index in [9.17, 15) is 14.3 Å². The summed E-state index contributed by atoms with van der Waals surface area (Å²) < 4.78 is 13.3. The van der Waals surface area contributed by atoms with Crippen molar-refractivity contribution in [2.75, 3.05) is 18.5 Å². The van der Waals surface area contributed by atoms with Crippen LogP contribution >= 0.6 is 0 Å². The van der Waals surface area contributed by atoms with Gasteiger partial charge in [0.05, 0.1) is 18.7 Å². The van der Waals surface area contributed by atoms with Crippen LogP contribution in [0.1, 0.15) is 37.3 Å². The van der Waals surface area contributed by atoms with Crippen molar-refractivity contribution in [2.45, 2.75) is 37.8 Å². The Balaban J connectivity index is 1.53. The highest BCUT2D eigenvalue weighted by Crippen LogP contribution is 2.48. The van der Waals surface area contributed by atoms with Crippen LogP contribution in [0.25, 0.3) is 11.1 Å². The number of fused-ring (bicyclic) bond motifs is 3. The predicted molar refractivity (Wildman–Crippen MR) is 106 cm³/mol. The van der Waals surface area contributed by atoms with Gasteiger partial charge >= 0.3 is 0 Å². The molecule has 0 spiro atoms. The van der Waals surface area contributed by atoms with Crippen LogP contribution in [-0.4, -0.2) is 35.1 Å². The largest absolute Gasteiger partial charge is 0.394 e. The second kappa shape index (κ2) is 6.89. The first-order valence-electron chi connectivity index (χ1n) is 10.2. The number of hydrogen-bond acceptors (Lipinski definition) is 3. The number of nitrogens with one attached hydrogen (secondary N) is 1. The molecule has 2 aromatic carbocycles. The number of likely N-dealkylation sites (tertiary alicyclic amines) is 1. The maximum atomic E-state index is 13.3. The average Bonchev–Trinajstić information content (AvgIpc) is 3.41. The van der Waals surface area contributed by atoms with Crippen LogP contribution in [0.2, 0.25) is 0 Å². The first-order valence-corrected chi connectivity index (χ1v) is 10.2. The predicted octanol–water partition coefficient (Wildman–Crippen LogP) is 3.97. The van der Waals surface area contributed by atoms with E-state index >= 15 is 0 Å². The van der Waals surface area contributed by atoms with Crippen molar-refractivity contribution >= 4 is 11.6 Å². The molecule has 0 aromatic heterocycles. The van der Waals surface area contributed by atoms with Gasteiger partial charge < -0.3 is 15.3 Å². The van der Waals surface area contributed by atoms with E-state index < -0.39 is 0 Å². The lowest BCUT2D eigenvalue weighted by Crippen LogP contribution is -2.42. The van der Waals surface area contributed by atoms with Gasteiger partial charge in [-0.15, -0.1) is 0 Å². The fraction of sp³-hybridized carbons (Fsp3) is 0.435. The summed E-state index contributed by atoms with van der Waals surface area (Å²) in [5, 5.41) is 13.4. The van der Waals surface area contributed by atoms with E-state index in [1.54, 1.807) is 12.1 Å². The van der Waals surface area contributed by atoms with Crippen LogP contribution < -0.4 is 5.32 Å². The van der Waals surface area contributed by atoms with E-state index in [0.717, 1.165) is 35.3 Å². The molecule has 1 saturated heterocycles. The fourth-order valence-corrected chi connectivity index (χ4v) is 4.85. The summed E-state index contributed by atoms with van der Waals surface area (Å²) in [6.45, 7) is 0.810. The lowest BCUT2D eigenvalue weighted by molar-refractivity contribution is -0.133. The number of amides is 1. The smallest absolute Gasteiger partial charge is 0.223 e. The summed E-state index contributed by atoms with van der Waals surface area (Å²) in [7, 11) is 0. The maximum Gasteiger partial charge on any atom is 0.223 e. The van der Waals surface area contributed by atoms with Crippen LogP contribution in [-0.2, 0) is 4.79 Å². The van der Waals surface area contributed by atoms with Gasteiger partial charge in [-0.3, -0.25) is 4.79 Å². The summed E-state index contributed by atoms with van der Waals surface area (Å²) in [6, 6.07) is 12.6. The Kier molecular flexibility index (Phi) is 4.35. The molecule has 3 aliphatic rings. The van der Waals surface area contributed by atoms with Crippen molar-refractivity contribution in [3.63, 3.8) is 0 Å². The Labute approximate surface area is 164 Å². The molecule has 5 heteroatoms. The normalized spacial score (nSPS) is 25.8. The lowest BCUT2D eigenvalue weighted by Gasteiger charge is -2.39. The number of hydrogen-bond donors (Lipinski definition) is 2. The number of carbonyl (C=O) groups excluding carboxylic acids is 1. The van der Waals surface area contributed by atoms with Gasteiger partial charge in [-0.25, -0.2) is 4.39 Å². The molecular weight excluding hydrogens is 355 g/mol. The molecule has 1 saturated carbocycles. The third-order valence-electron chi connectivity index (χ3n) is 6.53. The van der Waals surface area contributed by atoms with Gasteiger partial charge in [-0.1, -0.05) is 18.2 Å². The molecule has 28 heavy (non-hydrogen) atoms. The number of rotatable bonds is 4. The highest BCUT2D eigenvalue weighted by molar-refractivity contribution is 5.79. The van der Waals surface area contributed by atoms with Crippen LogP contribution in [0.4, 0.5) is 10.1 Å². The quantitative estimate of drug-likeness (QED) is 0.844. The number of benzene rings is 2. The number of nitrogens with zero attached hydrogens (tertiary/aromatic N) is 1. The highest BCUT2D eigenvalue weighted by atomic mass is 19.1. The topological polar surface area (TPSA) is 52.6 Å². The van der Waals surface area contributed by atoms with Gasteiger partial charge in [-0.2, -0.15) is 0 Å². The maximum absolute atomic E-state index is 13.3. The fourth-order valence-electron chi connectivity index (χ4n) is 4.85. The van der Waals surface area contributed by atoms with Crippen molar-refractivity contribution in [2.24, 2.45) is 11.8 Å². The lowest BCUT2D eigenvalue weighted by atomic mass is 9.82. The Morgan fingerprint density at radius 1 is 1.11 bits per heavy atom. The Bertz CT molecular complexity index is 894. The van der Waals surface area contributed by atoms with Crippen molar-refractivity contribution < 1.29 is 14.3 Å². The van der Waals surface area contributed by atoms with E-state index in [2.05, 4.69) is 11.4 Å². The van der Waals surface area contributed by atoms with Crippen LogP contribution in [0.5, 0.6) is 0 Å². The molecule has 2 aromatic rings. The van der Waals surface area contributed by atoms with Crippen LogP contribution in [0.15, 0.2) is 42.5 Å². The van der Waals surface area contributed by atoms with Crippen molar-refractivity contribution in [3.05, 3.63) is 53.8 Å². The van der Waals surface area contributed by atoms with Gasteiger partial charge in [0.15, 0.2) is 0 Å². The Morgan fingerprint density at radius 2 is 1.86 bits per heavy atom. The standard InChI is InChI=1S/C23H25FN2O2/c24-17-6-3-15(4-7-17)16-5-8-20-19(12-16)23-18(21(13-27)25-20)9-10-26(23)22(28)11-14-1-2-14/h3-8,12,14,18,21,23,25,27H,1-2,9-11,13H2/t18-,21+,23-/m1/s1. The summed E-state index contributed by atoms with van der Waals surface area (Å²) in [4.78, 5) is 15.0. The molecule has 146 valence electrons. The zero-order valence-corrected chi connectivity index (χ0v) is 15.8. The summed E-state index contributed by atoms with van der Waals surface area (Å²) in [5.74, 6) is 0.768. The van der Waals surface area contributed by atoms with Gasteiger partial charge in [0.25, 0.3) is 0 Å². The number of aliphatic hydroxyl groups excluding tert-OH is 1. The molecule has 1 aliphatic carbocycles. The summed E-state index contributed by atoms with van der Waals surface area (Å²) in [6.07, 6.45) is 3.88. The highest BCUT2D eigenvalue weighted by Gasteiger charge is 2.46. The van der Waals surface area contributed by atoms with E-state index in [1.807, 2.05) is 17.0 Å². The van der Waals surface area contributed by atoms with Crippen molar-refractivity contribution in [1.29, 1.82) is 0 Å². The molecule has 5 rings (SSSR count). The zero-order valence-electron chi connectivity index (χ0n) is 15.8. The number of halogens is 1. The minimum absolute atomic E-state index is 0.0000448. The van der Waals surface area contributed by atoms with E-state index in [-0.39, 0.29) is 36.3 Å². The molecular formula is C23H25FN2O2. The summed E-state index contributed by atoms with van der Waals surface area (Å²) >= 11 is 0. The Morgan fingerprint density at radius 3 is 2.57 bits per heavy atom. The minimum Gasteiger partial charge on any atom is -0.394 e. The van der Waals surface area contributed by atoms with E-state index in [4.69, 9.17) is 0 Å². The van der Waals surface area contributed by atoms with Gasteiger partial charge in [0.2, 0.25) is 5.91 Å². The second-order valence-electron chi connectivity index (χ2n) is 8.37. The molecule has 3 atom stereocenters. The van der Waals surface area contributed by atoms with E-state index in [0.29, 0.717) is 12.3 Å². The van der Waals surface area contributed by atoms with E-state index in [1.165, 1.54) is 25.0 Å². The monoisotopic (exact) mass is 380 g/mol. The second-order valence-corrected chi connectivity index (χ2v) is 8.37. The molecule has 2 fully saturated rings. The first kappa shape index (κ1) is 17.7. The third kappa shape index (κ3) is 3.08. The molecule has 2 aliphatic heterocycles. The summed E-state index contributed by atoms with van der Waals surface area (Å²) in [5.41, 5.74) is 4.07. The molecule has 0 unspecified atom stereocenters. The molecule has 0 radical (unpaired) electrons. The molecule has 2 N–H and O–H groups in total. The van der Waals surface area contributed by atoms with Gasteiger partial charge in [0.1, 0.15) is 5.82 Å². The molecule has 1 amide bonds. The van der Waals surface area contributed by atoms with Crippen molar-refractivity contribution in [3.8, 4) is 11.1 Å². The molecule has 2 heterocycles. The first-order chi connectivity index (χ1) is 13.6. The van der Waals surface area contributed by atoms with Crippen LogP contribution in [0, 0.1) is 17.7 Å². The number of aliphatic hydroxyl groups is 1. The minimum atomic E-state index is -0.248. The third-order valence-corrected chi connectivity index (χ3v) is 6.53. The zero-order chi connectivity index (χ0) is 19.3. The molecule has 0 bridgehead atoms. The number of carbonyl (C=O) groups is 1. The van der Waals surface area contributed by atoms with Gasteiger partial charge in [-0.05, 0) is 66.1 Å². The Hall–Kier alpha value is -2.40. The van der Waals surface area contributed by atoms with Crippen molar-refractivity contribution in [1.82, 2.24) is 4.90 Å². The van der Waals surface area contributed by atoms with Crippen LogP contribution in [0.3, 0.4) is 0 Å². The number of anilines is 1. The van der Waals surface area contributed by atoms with Gasteiger partial charge in [0, 0.05) is 24.6 Å². The SMILES string of the molecule is O=C(CC1CC1)N1CC[C@@H]2[C@H](CO)Nc3ccc(-c4ccc(F)cc4)cc3[C@@H]21.